The zero-order valence-electron chi connectivity index (χ0n) is 14.3. The number of carbonyl (C=O) groups excluding carboxylic acids is 3. The van der Waals surface area contributed by atoms with Gasteiger partial charge in [0.05, 0.1) is 17.8 Å². The number of hydrogen-bond acceptors (Lipinski definition) is 5. The van der Waals surface area contributed by atoms with E-state index in [1.165, 1.54) is 12.3 Å². The molecule has 0 atom stereocenters. The summed E-state index contributed by atoms with van der Waals surface area (Å²) in [5.41, 5.74) is 0.467. The largest absolute Gasteiger partial charge is 0.467 e. The molecule has 3 heterocycles. The Kier molecular flexibility index (Phi) is 4.58. The van der Waals surface area contributed by atoms with Gasteiger partial charge < -0.3 is 8.83 Å². The number of carbonyl (C=O) groups is 3. The number of benzene rings is 1. The fourth-order valence-corrected chi connectivity index (χ4v) is 3.00. The highest BCUT2D eigenvalue weighted by Gasteiger charge is 2.36. The third kappa shape index (κ3) is 3.35. The molecule has 1 fully saturated rings. The molecule has 0 saturated carbocycles. The van der Waals surface area contributed by atoms with E-state index in [2.05, 4.69) is 5.32 Å². The Balaban J connectivity index is 1.63. The van der Waals surface area contributed by atoms with E-state index in [0.717, 1.165) is 4.90 Å². The van der Waals surface area contributed by atoms with Gasteiger partial charge >= 0.3 is 6.03 Å². The number of urea groups is 1. The van der Waals surface area contributed by atoms with Crippen molar-refractivity contribution < 1.29 is 23.2 Å². The van der Waals surface area contributed by atoms with Crippen molar-refractivity contribution in [2.45, 2.75) is 6.54 Å². The molecule has 0 bridgehead atoms. The molecule has 4 rings (SSSR count). The molecule has 140 valence electrons. The van der Waals surface area contributed by atoms with Crippen LogP contribution in [-0.4, -0.2) is 22.7 Å². The first-order valence-corrected chi connectivity index (χ1v) is 8.67. The van der Waals surface area contributed by atoms with Gasteiger partial charge in [0.25, 0.3) is 11.8 Å². The molecule has 1 saturated heterocycles. The van der Waals surface area contributed by atoms with Crippen LogP contribution in [0.1, 0.15) is 11.5 Å². The second-order valence-corrected chi connectivity index (χ2v) is 6.38. The van der Waals surface area contributed by atoms with E-state index in [1.54, 1.807) is 42.5 Å². The van der Waals surface area contributed by atoms with Crippen molar-refractivity contribution in [2.24, 2.45) is 0 Å². The summed E-state index contributed by atoms with van der Waals surface area (Å²) in [6, 6.07) is 12.9. The Bertz CT molecular complexity index is 1100. The number of rotatable bonds is 4. The van der Waals surface area contributed by atoms with Gasteiger partial charge in [-0.15, -0.1) is 0 Å². The summed E-state index contributed by atoms with van der Waals surface area (Å²) in [7, 11) is 0. The minimum atomic E-state index is -0.806. The lowest BCUT2D eigenvalue weighted by atomic mass is 10.1. The number of barbiturate groups is 1. The first kappa shape index (κ1) is 17.8. The van der Waals surface area contributed by atoms with Crippen LogP contribution < -0.4 is 5.32 Å². The Morgan fingerprint density at radius 2 is 1.86 bits per heavy atom. The maximum absolute atomic E-state index is 12.7. The second kappa shape index (κ2) is 7.21. The molecule has 1 aliphatic rings. The van der Waals surface area contributed by atoms with E-state index in [1.807, 2.05) is 6.07 Å². The summed E-state index contributed by atoms with van der Waals surface area (Å²) in [5.74, 6) is -0.344. The van der Waals surface area contributed by atoms with E-state index >= 15 is 0 Å². The summed E-state index contributed by atoms with van der Waals surface area (Å²) in [4.78, 5) is 37.8. The van der Waals surface area contributed by atoms with E-state index in [0.29, 0.717) is 22.1 Å². The van der Waals surface area contributed by atoms with Gasteiger partial charge in [0.1, 0.15) is 22.9 Å². The summed E-state index contributed by atoms with van der Waals surface area (Å²) >= 11 is 6.16. The van der Waals surface area contributed by atoms with Gasteiger partial charge in [0, 0.05) is 5.56 Å². The SMILES string of the molecule is O=C1NC(=O)N(Cc2ccco2)C(=O)/C1=C\c1ccc(-c2ccccc2Cl)o1. The summed E-state index contributed by atoms with van der Waals surface area (Å²) in [6.45, 7) is -0.0919. The molecular weight excluding hydrogens is 384 g/mol. The number of imide groups is 2. The fraction of sp³-hybridized carbons (Fsp3) is 0.0500. The standard InChI is InChI=1S/C20H13ClN2O5/c21-16-6-2-1-5-14(16)17-8-7-12(28-17)10-15-18(24)22-20(26)23(19(15)25)11-13-4-3-9-27-13/h1-10H,11H2,(H,22,24,26)/b15-10-. The maximum atomic E-state index is 12.7. The van der Waals surface area contributed by atoms with Crippen molar-refractivity contribution in [3.63, 3.8) is 0 Å². The number of halogens is 1. The van der Waals surface area contributed by atoms with Crippen molar-refractivity contribution in [2.75, 3.05) is 0 Å². The van der Waals surface area contributed by atoms with Crippen LogP contribution in [0, 0.1) is 0 Å². The predicted octanol–water partition coefficient (Wildman–Crippen LogP) is 3.86. The first-order chi connectivity index (χ1) is 13.5. The Hall–Kier alpha value is -3.58. The fourth-order valence-electron chi connectivity index (χ4n) is 2.77. The van der Waals surface area contributed by atoms with Crippen LogP contribution >= 0.6 is 11.6 Å². The average Bonchev–Trinajstić information content (AvgIpc) is 3.34. The molecule has 0 unspecified atom stereocenters. The highest BCUT2D eigenvalue weighted by Crippen LogP contribution is 2.30. The smallest absolute Gasteiger partial charge is 0.331 e. The van der Waals surface area contributed by atoms with Crippen molar-refractivity contribution in [3.05, 3.63) is 76.9 Å². The molecule has 4 amide bonds. The molecule has 28 heavy (non-hydrogen) atoms. The number of amides is 4. The molecule has 8 heteroatoms. The maximum Gasteiger partial charge on any atom is 0.331 e. The minimum Gasteiger partial charge on any atom is -0.467 e. The van der Waals surface area contributed by atoms with E-state index in [9.17, 15) is 14.4 Å². The molecule has 0 radical (unpaired) electrons. The summed E-state index contributed by atoms with van der Waals surface area (Å²) in [5, 5.41) is 2.66. The second-order valence-electron chi connectivity index (χ2n) is 5.97. The monoisotopic (exact) mass is 396 g/mol. The van der Waals surface area contributed by atoms with Gasteiger partial charge in [-0.2, -0.15) is 0 Å². The van der Waals surface area contributed by atoms with Crippen LogP contribution in [0.25, 0.3) is 17.4 Å². The van der Waals surface area contributed by atoms with Crippen LogP contribution in [0.5, 0.6) is 0 Å². The van der Waals surface area contributed by atoms with Gasteiger partial charge in [-0.25, -0.2) is 4.79 Å². The van der Waals surface area contributed by atoms with Crippen LogP contribution in [-0.2, 0) is 16.1 Å². The summed E-state index contributed by atoms with van der Waals surface area (Å²) < 4.78 is 10.9. The molecule has 0 spiro atoms. The molecule has 2 aromatic heterocycles. The molecule has 1 aliphatic heterocycles. The van der Waals surface area contributed by atoms with Gasteiger partial charge in [-0.3, -0.25) is 19.8 Å². The zero-order chi connectivity index (χ0) is 19.7. The Morgan fingerprint density at radius 3 is 2.61 bits per heavy atom. The minimum absolute atomic E-state index is 0.0919. The zero-order valence-corrected chi connectivity index (χ0v) is 15.1. The van der Waals surface area contributed by atoms with Gasteiger partial charge in [0.15, 0.2) is 0 Å². The Morgan fingerprint density at radius 1 is 1.04 bits per heavy atom. The van der Waals surface area contributed by atoms with Gasteiger partial charge in [-0.05, 0) is 42.5 Å². The third-order valence-electron chi connectivity index (χ3n) is 4.13. The molecule has 1 aromatic carbocycles. The lowest BCUT2D eigenvalue weighted by Crippen LogP contribution is -2.53. The number of nitrogens with one attached hydrogen (secondary N) is 1. The molecule has 7 nitrogen and oxygen atoms in total. The van der Waals surface area contributed by atoms with Crippen molar-refractivity contribution >= 4 is 35.5 Å². The van der Waals surface area contributed by atoms with Crippen LogP contribution in [0.2, 0.25) is 5.02 Å². The van der Waals surface area contributed by atoms with Crippen LogP contribution in [0.3, 0.4) is 0 Å². The van der Waals surface area contributed by atoms with Crippen LogP contribution in [0.4, 0.5) is 4.79 Å². The summed E-state index contributed by atoms with van der Waals surface area (Å²) in [6.07, 6.45) is 2.72. The molecule has 3 aromatic rings. The number of nitrogens with zero attached hydrogens (tertiary/aromatic N) is 1. The third-order valence-corrected chi connectivity index (χ3v) is 4.46. The van der Waals surface area contributed by atoms with E-state index in [4.69, 9.17) is 20.4 Å². The lowest BCUT2D eigenvalue weighted by molar-refractivity contribution is -0.130. The molecule has 1 N–H and O–H groups in total. The number of furan rings is 2. The first-order valence-electron chi connectivity index (χ1n) is 8.29. The topological polar surface area (TPSA) is 92.8 Å². The highest BCUT2D eigenvalue weighted by molar-refractivity contribution is 6.33. The highest BCUT2D eigenvalue weighted by atomic mass is 35.5. The van der Waals surface area contributed by atoms with Crippen molar-refractivity contribution in [1.29, 1.82) is 0 Å². The van der Waals surface area contributed by atoms with Gasteiger partial charge in [-0.1, -0.05) is 23.7 Å². The number of hydrogen-bond donors (Lipinski definition) is 1. The van der Waals surface area contributed by atoms with E-state index in [-0.39, 0.29) is 17.9 Å². The van der Waals surface area contributed by atoms with Crippen LogP contribution in [0.15, 0.2) is 69.2 Å². The van der Waals surface area contributed by atoms with Gasteiger partial charge in [0.2, 0.25) is 0 Å². The molecular formula is C20H13ClN2O5. The van der Waals surface area contributed by atoms with Crippen molar-refractivity contribution in [3.8, 4) is 11.3 Å². The van der Waals surface area contributed by atoms with Crippen molar-refractivity contribution in [1.82, 2.24) is 10.2 Å². The Labute approximate surface area is 164 Å². The molecule has 0 aliphatic carbocycles. The quantitative estimate of drug-likeness (QED) is 0.534. The predicted molar refractivity (Wildman–Crippen MR) is 99.9 cm³/mol. The van der Waals surface area contributed by atoms with E-state index < -0.39 is 17.8 Å². The lowest BCUT2D eigenvalue weighted by Gasteiger charge is -2.25. The average molecular weight is 397 g/mol. The normalized spacial score (nSPS) is 16.0.